The summed E-state index contributed by atoms with van der Waals surface area (Å²) in [6.07, 6.45) is 0. The number of carboxylic acid groups (broad SMARTS) is 1. The molecule has 1 aromatic rings. The standard InChI is InChI=1S/C12H13F2NO4S/c1-7-6-20(18,19)3-2-15(7)11-9(13)4-8(12(16)17)5-10(11)14/h4-5,7H,2-3,6H2,1H3,(H,16,17). The zero-order valence-electron chi connectivity index (χ0n) is 10.6. The number of hydrogen-bond acceptors (Lipinski definition) is 4. The van der Waals surface area contributed by atoms with Gasteiger partial charge < -0.3 is 10.0 Å². The summed E-state index contributed by atoms with van der Waals surface area (Å²) in [7, 11) is -3.20. The van der Waals surface area contributed by atoms with Crippen molar-refractivity contribution in [3.8, 4) is 0 Å². The van der Waals surface area contributed by atoms with E-state index in [1.54, 1.807) is 6.92 Å². The maximum absolute atomic E-state index is 13.9. The molecule has 0 bridgehead atoms. The van der Waals surface area contributed by atoms with Crippen LogP contribution in [0.5, 0.6) is 0 Å². The van der Waals surface area contributed by atoms with Crippen LogP contribution in [-0.4, -0.2) is 43.6 Å². The van der Waals surface area contributed by atoms with Crippen molar-refractivity contribution in [1.29, 1.82) is 0 Å². The van der Waals surface area contributed by atoms with Gasteiger partial charge in [0.2, 0.25) is 0 Å². The second-order valence-electron chi connectivity index (χ2n) is 4.75. The molecule has 0 aliphatic carbocycles. The molecule has 1 fully saturated rings. The molecule has 0 amide bonds. The van der Waals surface area contributed by atoms with Crippen molar-refractivity contribution in [1.82, 2.24) is 0 Å². The normalized spacial score (nSPS) is 21.8. The van der Waals surface area contributed by atoms with Crippen LogP contribution in [0.4, 0.5) is 14.5 Å². The van der Waals surface area contributed by atoms with Crippen molar-refractivity contribution < 1.29 is 27.1 Å². The number of carbonyl (C=O) groups is 1. The van der Waals surface area contributed by atoms with Crippen LogP contribution in [0, 0.1) is 11.6 Å². The molecule has 8 heteroatoms. The Balaban J connectivity index is 2.41. The first-order chi connectivity index (χ1) is 9.21. The lowest BCUT2D eigenvalue weighted by Gasteiger charge is -2.35. The average Bonchev–Trinajstić information content (AvgIpc) is 2.29. The molecular formula is C12H13F2NO4S. The molecule has 0 spiro atoms. The van der Waals surface area contributed by atoms with E-state index < -0.39 is 39.0 Å². The van der Waals surface area contributed by atoms with Gasteiger partial charge in [0.15, 0.2) is 9.84 Å². The quantitative estimate of drug-likeness (QED) is 0.891. The van der Waals surface area contributed by atoms with Crippen molar-refractivity contribution >= 4 is 21.5 Å². The SMILES string of the molecule is CC1CS(=O)(=O)CCN1c1c(F)cc(C(=O)O)cc1F. The maximum Gasteiger partial charge on any atom is 0.335 e. The highest BCUT2D eigenvalue weighted by Gasteiger charge is 2.31. The summed E-state index contributed by atoms with van der Waals surface area (Å²) in [5.74, 6) is -3.81. The minimum absolute atomic E-state index is 0.0240. The average molecular weight is 305 g/mol. The van der Waals surface area contributed by atoms with Gasteiger partial charge in [0.25, 0.3) is 0 Å². The Hall–Kier alpha value is -1.70. The van der Waals surface area contributed by atoms with Crippen molar-refractivity contribution in [2.75, 3.05) is 23.0 Å². The Morgan fingerprint density at radius 1 is 1.35 bits per heavy atom. The number of rotatable bonds is 2. The van der Waals surface area contributed by atoms with E-state index in [9.17, 15) is 22.0 Å². The number of carboxylic acids is 1. The van der Waals surface area contributed by atoms with Gasteiger partial charge in [0, 0.05) is 12.6 Å². The molecule has 2 rings (SSSR count). The van der Waals surface area contributed by atoms with E-state index in [1.807, 2.05) is 0 Å². The number of anilines is 1. The fourth-order valence-corrected chi connectivity index (χ4v) is 3.85. The molecule has 0 saturated carbocycles. The Labute approximate surface area is 114 Å². The van der Waals surface area contributed by atoms with Crippen LogP contribution >= 0.6 is 0 Å². The first-order valence-corrected chi connectivity index (χ1v) is 7.73. The van der Waals surface area contributed by atoms with Gasteiger partial charge in [-0.2, -0.15) is 0 Å². The van der Waals surface area contributed by atoms with Crippen LogP contribution in [0.25, 0.3) is 0 Å². The molecule has 1 aliphatic rings. The van der Waals surface area contributed by atoms with Gasteiger partial charge in [0.05, 0.1) is 17.1 Å². The van der Waals surface area contributed by atoms with E-state index in [2.05, 4.69) is 0 Å². The zero-order chi connectivity index (χ0) is 15.1. The second-order valence-corrected chi connectivity index (χ2v) is 6.98. The molecule has 1 atom stereocenters. The zero-order valence-corrected chi connectivity index (χ0v) is 11.5. The van der Waals surface area contributed by atoms with E-state index in [4.69, 9.17) is 5.11 Å². The van der Waals surface area contributed by atoms with E-state index in [1.165, 1.54) is 4.90 Å². The summed E-state index contributed by atoms with van der Waals surface area (Å²) in [6, 6.07) is 0.890. The molecule has 1 saturated heterocycles. The van der Waals surface area contributed by atoms with Crippen molar-refractivity contribution in [3.63, 3.8) is 0 Å². The lowest BCUT2D eigenvalue weighted by Crippen LogP contribution is -2.47. The summed E-state index contributed by atoms with van der Waals surface area (Å²) in [6.45, 7) is 1.53. The summed E-state index contributed by atoms with van der Waals surface area (Å²) >= 11 is 0. The fourth-order valence-electron chi connectivity index (χ4n) is 2.29. The molecule has 110 valence electrons. The largest absolute Gasteiger partial charge is 0.478 e. The number of benzene rings is 1. The van der Waals surface area contributed by atoms with E-state index in [0.717, 1.165) is 12.1 Å². The van der Waals surface area contributed by atoms with Gasteiger partial charge in [-0.3, -0.25) is 0 Å². The highest BCUT2D eigenvalue weighted by Crippen LogP contribution is 2.29. The molecule has 20 heavy (non-hydrogen) atoms. The third kappa shape index (κ3) is 2.74. The summed E-state index contributed by atoms with van der Waals surface area (Å²) in [4.78, 5) is 12.0. The van der Waals surface area contributed by atoms with Crippen LogP contribution in [0.1, 0.15) is 17.3 Å². The van der Waals surface area contributed by atoms with E-state index in [0.29, 0.717) is 0 Å². The molecule has 1 aliphatic heterocycles. The Kier molecular flexibility index (Phi) is 3.68. The van der Waals surface area contributed by atoms with Gasteiger partial charge in [-0.15, -0.1) is 0 Å². The lowest BCUT2D eigenvalue weighted by atomic mass is 10.1. The Morgan fingerprint density at radius 3 is 2.35 bits per heavy atom. The summed E-state index contributed by atoms with van der Waals surface area (Å²) in [5, 5.41) is 8.73. The Bertz CT molecular complexity index is 636. The third-order valence-corrected chi connectivity index (χ3v) is 5.02. The molecule has 1 unspecified atom stereocenters. The first-order valence-electron chi connectivity index (χ1n) is 5.90. The fraction of sp³-hybridized carbons (Fsp3) is 0.417. The predicted molar refractivity (Wildman–Crippen MR) is 68.8 cm³/mol. The minimum Gasteiger partial charge on any atom is -0.478 e. The minimum atomic E-state index is -3.20. The molecule has 1 N–H and O–H groups in total. The number of aromatic carboxylic acids is 1. The van der Waals surface area contributed by atoms with Crippen molar-refractivity contribution in [3.05, 3.63) is 29.3 Å². The molecule has 0 radical (unpaired) electrons. The number of nitrogens with zero attached hydrogens (tertiary/aromatic N) is 1. The predicted octanol–water partition coefficient (Wildman–Crippen LogP) is 1.29. The number of hydrogen-bond donors (Lipinski definition) is 1. The van der Waals surface area contributed by atoms with Crippen LogP contribution in [0.2, 0.25) is 0 Å². The van der Waals surface area contributed by atoms with Gasteiger partial charge in [-0.05, 0) is 19.1 Å². The summed E-state index contributed by atoms with van der Waals surface area (Å²) < 4.78 is 50.8. The van der Waals surface area contributed by atoms with Gasteiger partial charge in [-0.1, -0.05) is 0 Å². The van der Waals surface area contributed by atoms with Crippen LogP contribution in [0.3, 0.4) is 0 Å². The van der Waals surface area contributed by atoms with Crippen LogP contribution in [-0.2, 0) is 9.84 Å². The number of sulfone groups is 1. The molecule has 5 nitrogen and oxygen atoms in total. The van der Waals surface area contributed by atoms with Crippen LogP contribution in [0.15, 0.2) is 12.1 Å². The lowest BCUT2D eigenvalue weighted by molar-refractivity contribution is 0.0695. The molecular weight excluding hydrogens is 292 g/mol. The second kappa shape index (κ2) is 5.01. The van der Waals surface area contributed by atoms with Gasteiger partial charge in [0.1, 0.15) is 17.3 Å². The highest BCUT2D eigenvalue weighted by molar-refractivity contribution is 7.91. The molecule has 0 aromatic heterocycles. The maximum atomic E-state index is 13.9. The van der Waals surface area contributed by atoms with Gasteiger partial charge >= 0.3 is 5.97 Å². The smallest absolute Gasteiger partial charge is 0.335 e. The monoisotopic (exact) mass is 305 g/mol. The van der Waals surface area contributed by atoms with Crippen LogP contribution < -0.4 is 4.90 Å². The van der Waals surface area contributed by atoms with E-state index in [-0.39, 0.29) is 23.7 Å². The van der Waals surface area contributed by atoms with Crippen molar-refractivity contribution in [2.24, 2.45) is 0 Å². The highest BCUT2D eigenvalue weighted by atomic mass is 32.2. The van der Waals surface area contributed by atoms with Gasteiger partial charge in [-0.25, -0.2) is 22.0 Å². The number of halogens is 2. The topological polar surface area (TPSA) is 74.7 Å². The molecule has 1 heterocycles. The third-order valence-electron chi connectivity index (χ3n) is 3.22. The Morgan fingerprint density at radius 2 is 1.90 bits per heavy atom. The first kappa shape index (κ1) is 14.7. The molecule has 1 aromatic carbocycles. The summed E-state index contributed by atoms with van der Waals surface area (Å²) in [5.41, 5.74) is -0.863. The van der Waals surface area contributed by atoms with E-state index >= 15 is 0 Å². The van der Waals surface area contributed by atoms with Crippen molar-refractivity contribution in [2.45, 2.75) is 13.0 Å².